The smallest absolute Gasteiger partial charge is 0.333 e. The molecule has 3 nitrogen and oxygen atoms in total. The molecule has 0 heterocycles. The van der Waals surface area contributed by atoms with Gasteiger partial charge >= 0.3 is 5.97 Å². The van der Waals surface area contributed by atoms with Gasteiger partial charge in [0.15, 0.2) is 0 Å². The molecule has 3 heteroatoms. The number of nitrogens with zero attached hydrogens (tertiary/aromatic N) is 1. The molecule has 0 spiro atoms. The molecule has 0 aliphatic carbocycles. The third-order valence-electron chi connectivity index (χ3n) is 2.36. The summed E-state index contributed by atoms with van der Waals surface area (Å²) in [6.45, 7) is 11.4. The molecule has 0 unspecified atom stereocenters. The predicted molar refractivity (Wildman–Crippen MR) is 67.0 cm³/mol. The van der Waals surface area contributed by atoms with Crippen molar-refractivity contribution < 1.29 is 14.0 Å². The summed E-state index contributed by atoms with van der Waals surface area (Å²) in [5.74, 6) is -0.292. The zero-order chi connectivity index (χ0) is 12.6. The molecule has 0 atom stereocenters. The van der Waals surface area contributed by atoms with Crippen molar-refractivity contribution in [2.75, 3.05) is 33.8 Å². The molecule has 0 aliphatic rings. The van der Waals surface area contributed by atoms with Gasteiger partial charge in [-0.15, -0.1) is 0 Å². The lowest BCUT2D eigenvalue weighted by Crippen LogP contribution is -2.40. The molecule has 0 saturated carbocycles. The minimum atomic E-state index is -0.292. The molecule has 92 valence electrons. The minimum absolute atomic E-state index is 0.292. The van der Waals surface area contributed by atoms with Crippen LogP contribution in [0.3, 0.4) is 0 Å². The summed E-state index contributed by atoms with van der Waals surface area (Å²) >= 11 is 0. The molecule has 16 heavy (non-hydrogen) atoms. The first-order valence-corrected chi connectivity index (χ1v) is 5.64. The quantitative estimate of drug-likeness (QED) is 0.208. The Morgan fingerprint density at radius 1 is 1.38 bits per heavy atom. The first-order valence-electron chi connectivity index (χ1n) is 5.64. The summed E-state index contributed by atoms with van der Waals surface area (Å²) in [7, 11) is 4.34. The molecule has 0 fully saturated rings. The minimum Gasteiger partial charge on any atom is -0.462 e. The fourth-order valence-electron chi connectivity index (χ4n) is 1.37. The number of quaternary nitrogens is 1. The second-order valence-electron chi connectivity index (χ2n) is 4.75. The lowest BCUT2D eigenvalue weighted by atomic mass is 10.3. The molecule has 0 amide bonds. The van der Waals surface area contributed by atoms with Crippen LogP contribution in [0.2, 0.25) is 0 Å². The molecule has 0 N–H and O–H groups in total. The molecular formula is C13H24NO2+. The van der Waals surface area contributed by atoms with Crippen LogP contribution in [0.15, 0.2) is 24.8 Å². The average Bonchev–Trinajstić information content (AvgIpc) is 2.16. The highest BCUT2D eigenvalue weighted by Crippen LogP contribution is 2.02. The highest BCUT2D eigenvalue weighted by atomic mass is 16.5. The number of rotatable bonds is 8. The van der Waals surface area contributed by atoms with E-state index in [0.717, 1.165) is 30.4 Å². The van der Waals surface area contributed by atoms with Crippen molar-refractivity contribution in [3.05, 3.63) is 24.8 Å². The molecule has 0 aromatic carbocycles. The lowest BCUT2D eigenvalue weighted by Gasteiger charge is -2.28. The second kappa shape index (κ2) is 7.23. The Labute approximate surface area is 99.0 Å². The summed E-state index contributed by atoms with van der Waals surface area (Å²) in [6.07, 6.45) is 3.88. The van der Waals surface area contributed by atoms with E-state index >= 15 is 0 Å². The molecule has 0 radical (unpaired) electrons. The number of carbonyl (C=O) groups excluding carboxylic acids is 1. The molecule has 0 saturated heterocycles. The first kappa shape index (κ1) is 14.9. The lowest BCUT2D eigenvalue weighted by molar-refractivity contribution is -0.884. The van der Waals surface area contributed by atoms with Gasteiger partial charge in [-0.05, 0) is 25.8 Å². The van der Waals surface area contributed by atoms with E-state index in [4.69, 9.17) is 4.74 Å². The Kier molecular flexibility index (Phi) is 6.74. The standard InChI is InChI=1S/C13H24NO2/c1-6-9-14(4,5)10-7-8-11-16-13(15)12(2)3/h6H,1-2,7-11H2,3-5H3/q+1. The third-order valence-corrected chi connectivity index (χ3v) is 2.36. The van der Waals surface area contributed by atoms with Gasteiger partial charge in [0.1, 0.15) is 0 Å². The zero-order valence-corrected chi connectivity index (χ0v) is 10.8. The van der Waals surface area contributed by atoms with Crippen LogP contribution in [0.5, 0.6) is 0 Å². The Morgan fingerprint density at radius 2 is 2.00 bits per heavy atom. The van der Waals surface area contributed by atoms with Gasteiger partial charge < -0.3 is 9.22 Å². The predicted octanol–water partition coefficient (Wildman–Crippen LogP) is 2.15. The molecule has 0 aromatic heterocycles. The maximum absolute atomic E-state index is 11.1. The normalized spacial score (nSPS) is 10.9. The van der Waals surface area contributed by atoms with Crippen molar-refractivity contribution in [2.45, 2.75) is 19.8 Å². The van der Waals surface area contributed by atoms with E-state index < -0.39 is 0 Å². The number of carbonyl (C=O) groups is 1. The van der Waals surface area contributed by atoms with Crippen LogP contribution >= 0.6 is 0 Å². The van der Waals surface area contributed by atoms with Crippen LogP contribution < -0.4 is 0 Å². The van der Waals surface area contributed by atoms with Crippen LogP contribution in [0.4, 0.5) is 0 Å². The van der Waals surface area contributed by atoms with Crippen LogP contribution in [0.1, 0.15) is 19.8 Å². The summed E-state index contributed by atoms with van der Waals surface area (Å²) in [5.41, 5.74) is 0.461. The van der Waals surface area contributed by atoms with Gasteiger partial charge in [-0.1, -0.05) is 13.2 Å². The number of esters is 1. The molecular weight excluding hydrogens is 202 g/mol. The highest BCUT2D eigenvalue weighted by Gasteiger charge is 2.11. The number of likely N-dealkylation sites (N-methyl/N-ethyl adjacent to an activating group) is 1. The number of ether oxygens (including phenoxy) is 1. The summed E-state index contributed by atoms with van der Waals surface area (Å²) < 4.78 is 5.94. The van der Waals surface area contributed by atoms with Crippen molar-refractivity contribution in [3.8, 4) is 0 Å². The zero-order valence-electron chi connectivity index (χ0n) is 10.8. The monoisotopic (exact) mass is 226 g/mol. The topological polar surface area (TPSA) is 26.3 Å². The fourth-order valence-corrected chi connectivity index (χ4v) is 1.37. The Hall–Kier alpha value is -1.09. The largest absolute Gasteiger partial charge is 0.462 e. The summed E-state index contributed by atoms with van der Waals surface area (Å²) in [4.78, 5) is 11.1. The maximum atomic E-state index is 11.1. The fraction of sp³-hybridized carbons (Fsp3) is 0.615. The van der Waals surface area contributed by atoms with Gasteiger partial charge in [-0.3, -0.25) is 0 Å². The Bertz CT molecular complexity index is 257. The van der Waals surface area contributed by atoms with E-state index in [1.807, 2.05) is 6.08 Å². The first-order chi connectivity index (χ1) is 7.39. The van der Waals surface area contributed by atoms with Gasteiger partial charge in [0.05, 0.1) is 33.8 Å². The Morgan fingerprint density at radius 3 is 2.50 bits per heavy atom. The molecule has 0 bridgehead atoms. The molecule has 0 aromatic rings. The van der Waals surface area contributed by atoms with Gasteiger partial charge in [0, 0.05) is 5.57 Å². The van der Waals surface area contributed by atoms with Crippen LogP contribution in [0.25, 0.3) is 0 Å². The van der Waals surface area contributed by atoms with E-state index in [-0.39, 0.29) is 5.97 Å². The summed E-state index contributed by atoms with van der Waals surface area (Å²) in [5, 5.41) is 0. The van der Waals surface area contributed by atoms with Crippen LogP contribution in [-0.2, 0) is 9.53 Å². The average molecular weight is 226 g/mol. The third kappa shape index (κ3) is 7.23. The number of unbranched alkanes of at least 4 members (excludes halogenated alkanes) is 1. The maximum Gasteiger partial charge on any atom is 0.333 e. The van der Waals surface area contributed by atoms with Crippen molar-refractivity contribution >= 4 is 5.97 Å². The van der Waals surface area contributed by atoms with Gasteiger partial charge in [-0.25, -0.2) is 4.79 Å². The molecule has 0 aliphatic heterocycles. The van der Waals surface area contributed by atoms with E-state index in [9.17, 15) is 4.79 Å². The van der Waals surface area contributed by atoms with E-state index in [1.165, 1.54) is 0 Å². The number of hydrogen-bond acceptors (Lipinski definition) is 2. The summed E-state index contributed by atoms with van der Waals surface area (Å²) in [6, 6.07) is 0. The van der Waals surface area contributed by atoms with E-state index in [2.05, 4.69) is 27.3 Å². The SMILES string of the molecule is C=CC[N+](C)(C)CCCCOC(=O)C(=C)C. The number of hydrogen-bond donors (Lipinski definition) is 0. The molecule has 0 rings (SSSR count). The van der Waals surface area contributed by atoms with Crippen LogP contribution in [0, 0.1) is 0 Å². The van der Waals surface area contributed by atoms with Crippen LogP contribution in [-0.4, -0.2) is 44.2 Å². The highest BCUT2D eigenvalue weighted by molar-refractivity contribution is 5.86. The van der Waals surface area contributed by atoms with Crippen molar-refractivity contribution in [2.24, 2.45) is 0 Å². The van der Waals surface area contributed by atoms with E-state index in [0.29, 0.717) is 12.2 Å². The van der Waals surface area contributed by atoms with E-state index in [1.54, 1.807) is 6.92 Å². The van der Waals surface area contributed by atoms with Crippen molar-refractivity contribution in [1.82, 2.24) is 0 Å². The second-order valence-corrected chi connectivity index (χ2v) is 4.75. The van der Waals surface area contributed by atoms with Gasteiger partial charge in [-0.2, -0.15) is 0 Å². The van der Waals surface area contributed by atoms with Crippen molar-refractivity contribution in [1.29, 1.82) is 0 Å². The van der Waals surface area contributed by atoms with Gasteiger partial charge in [0.25, 0.3) is 0 Å². The van der Waals surface area contributed by atoms with Crippen molar-refractivity contribution in [3.63, 3.8) is 0 Å². The van der Waals surface area contributed by atoms with Gasteiger partial charge in [0.2, 0.25) is 0 Å². The Balaban J connectivity index is 3.57.